The highest BCUT2D eigenvalue weighted by molar-refractivity contribution is 6.14. The van der Waals surface area contributed by atoms with E-state index in [2.05, 4.69) is 17.1 Å². The molecule has 2 heterocycles. The van der Waals surface area contributed by atoms with E-state index in [1.54, 1.807) is 19.4 Å². The molecule has 0 saturated heterocycles. The summed E-state index contributed by atoms with van der Waals surface area (Å²) in [4.78, 5) is 9.36. The Labute approximate surface area is 159 Å². The summed E-state index contributed by atoms with van der Waals surface area (Å²) in [5.41, 5.74) is 4.66. The number of benzene rings is 1. The predicted molar refractivity (Wildman–Crippen MR) is 104 cm³/mol. The number of ether oxygens (including phenoxy) is 2. The second kappa shape index (κ2) is 7.40. The largest absolute Gasteiger partial charge is 0.493 e. The average Bonchev–Trinajstić information content (AvgIpc) is 2.73. The molecule has 0 radical (unpaired) electrons. The highest BCUT2D eigenvalue weighted by Crippen LogP contribution is 2.44. The van der Waals surface area contributed by atoms with Crippen molar-refractivity contribution in [3.8, 4) is 17.6 Å². The van der Waals surface area contributed by atoms with Crippen molar-refractivity contribution in [1.82, 2.24) is 4.98 Å². The van der Waals surface area contributed by atoms with E-state index in [0.29, 0.717) is 24.3 Å². The number of aliphatic imine (C=N–C) groups is 1. The van der Waals surface area contributed by atoms with E-state index >= 15 is 0 Å². The van der Waals surface area contributed by atoms with Gasteiger partial charge in [-0.1, -0.05) is 12.8 Å². The lowest BCUT2D eigenvalue weighted by Crippen LogP contribution is -2.29. The van der Waals surface area contributed by atoms with Gasteiger partial charge < -0.3 is 9.47 Å². The normalized spacial score (nSPS) is 20.7. The lowest BCUT2D eigenvalue weighted by atomic mass is 9.75. The molecule has 1 aromatic heterocycles. The molecule has 0 amide bonds. The van der Waals surface area contributed by atoms with Gasteiger partial charge in [0.15, 0.2) is 11.5 Å². The van der Waals surface area contributed by atoms with Crippen LogP contribution in [0.2, 0.25) is 0 Å². The fraction of sp³-hybridized carbons (Fsp3) is 0.409. The Hall–Kier alpha value is -2.87. The number of nitrogens with zero attached hydrogens (tertiary/aromatic N) is 3. The second-order valence-corrected chi connectivity index (χ2v) is 7.00. The van der Waals surface area contributed by atoms with Crippen molar-refractivity contribution in [3.05, 3.63) is 52.8 Å². The molecule has 0 unspecified atom stereocenters. The van der Waals surface area contributed by atoms with Crippen LogP contribution in [0.5, 0.6) is 11.5 Å². The highest BCUT2D eigenvalue weighted by atomic mass is 16.5. The Balaban J connectivity index is 1.87. The summed E-state index contributed by atoms with van der Waals surface area (Å²) >= 11 is 0. The van der Waals surface area contributed by atoms with Crippen LogP contribution in [-0.2, 0) is 0 Å². The monoisotopic (exact) mass is 361 g/mol. The molecule has 27 heavy (non-hydrogen) atoms. The first kappa shape index (κ1) is 17.5. The number of pyridine rings is 1. The van der Waals surface area contributed by atoms with Gasteiger partial charge in [0.05, 0.1) is 25.5 Å². The Morgan fingerprint density at radius 2 is 2.04 bits per heavy atom. The van der Waals surface area contributed by atoms with Crippen LogP contribution in [0.3, 0.4) is 0 Å². The van der Waals surface area contributed by atoms with Gasteiger partial charge in [0.25, 0.3) is 0 Å². The molecule has 0 spiro atoms. The summed E-state index contributed by atoms with van der Waals surface area (Å²) < 4.78 is 11.4. The molecule has 1 aliphatic carbocycles. The number of rotatable bonds is 4. The zero-order chi connectivity index (χ0) is 18.8. The summed E-state index contributed by atoms with van der Waals surface area (Å²) in [5, 5.41) is 9.03. The standard InChI is InChI=1S/C22H23N3O2/c1-3-27-21-10-17-16-6-4-5-7-19(16)25-22(18(17)11-20(21)26-2)14-8-9-15(12-23)24-13-14/h8-11,13,16,19H,3-7H2,1-2H3/t16-,19-/m1/s1. The SMILES string of the molecule is CCOc1cc2c(cc1OC)C(c1ccc(C#N)nc1)=N[C@@H]1CCCC[C@H]21. The first-order valence-electron chi connectivity index (χ1n) is 9.54. The summed E-state index contributed by atoms with van der Waals surface area (Å²) in [7, 11) is 1.66. The molecule has 1 saturated carbocycles. The smallest absolute Gasteiger partial charge is 0.161 e. The summed E-state index contributed by atoms with van der Waals surface area (Å²) in [6, 6.07) is 10.2. The molecular formula is C22H23N3O2. The van der Waals surface area contributed by atoms with Gasteiger partial charge in [-0.05, 0) is 49.6 Å². The number of nitriles is 1. The molecule has 1 fully saturated rings. The summed E-state index contributed by atoms with van der Waals surface area (Å²) in [6.45, 7) is 2.58. The molecule has 4 rings (SSSR count). The number of methoxy groups -OCH3 is 1. The molecule has 0 bridgehead atoms. The molecule has 2 atom stereocenters. The van der Waals surface area contributed by atoms with Crippen molar-refractivity contribution in [2.45, 2.75) is 44.6 Å². The fourth-order valence-electron chi connectivity index (χ4n) is 4.21. The maximum Gasteiger partial charge on any atom is 0.161 e. The van der Waals surface area contributed by atoms with Gasteiger partial charge >= 0.3 is 0 Å². The first-order chi connectivity index (χ1) is 13.2. The van der Waals surface area contributed by atoms with E-state index in [0.717, 1.165) is 41.2 Å². The summed E-state index contributed by atoms with van der Waals surface area (Å²) in [6.07, 6.45) is 6.45. The van der Waals surface area contributed by atoms with E-state index < -0.39 is 0 Å². The molecular weight excluding hydrogens is 338 g/mol. The van der Waals surface area contributed by atoms with Crippen LogP contribution in [0.25, 0.3) is 0 Å². The van der Waals surface area contributed by atoms with Crippen molar-refractivity contribution < 1.29 is 9.47 Å². The number of hydrogen-bond donors (Lipinski definition) is 0. The van der Waals surface area contributed by atoms with Gasteiger partial charge in [-0.25, -0.2) is 4.98 Å². The van der Waals surface area contributed by atoms with Crippen LogP contribution in [-0.4, -0.2) is 30.5 Å². The third kappa shape index (κ3) is 3.16. The molecule has 2 aromatic rings. The minimum Gasteiger partial charge on any atom is -0.493 e. The van der Waals surface area contributed by atoms with Crippen LogP contribution < -0.4 is 9.47 Å². The van der Waals surface area contributed by atoms with Crippen molar-refractivity contribution in [1.29, 1.82) is 5.26 Å². The van der Waals surface area contributed by atoms with Crippen LogP contribution in [0.4, 0.5) is 0 Å². The highest BCUT2D eigenvalue weighted by Gasteiger charge is 2.34. The number of aromatic nitrogens is 1. The summed E-state index contributed by atoms with van der Waals surface area (Å²) in [5.74, 6) is 1.94. The maximum atomic E-state index is 9.03. The Kier molecular flexibility index (Phi) is 4.81. The van der Waals surface area contributed by atoms with Crippen LogP contribution in [0, 0.1) is 11.3 Å². The molecule has 0 N–H and O–H groups in total. The molecule has 5 heteroatoms. The van der Waals surface area contributed by atoms with Crippen molar-refractivity contribution in [2.24, 2.45) is 4.99 Å². The molecule has 5 nitrogen and oxygen atoms in total. The third-order valence-electron chi connectivity index (χ3n) is 5.47. The van der Waals surface area contributed by atoms with Crippen molar-refractivity contribution in [2.75, 3.05) is 13.7 Å². The lowest BCUT2D eigenvalue weighted by Gasteiger charge is -2.35. The van der Waals surface area contributed by atoms with Gasteiger partial charge in [-0.15, -0.1) is 0 Å². The van der Waals surface area contributed by atoms with Crippen molar-refractivity contribution in [3.63, 3.8) is 0 Å². The van der Waals surface area contributed by atoms with Crippen LogP contribution >= 0.6 is 0 Å². The Bertz CT molecular complexity index is 912. The van der Waals surface area contributed by atoms with Crippen LogP contribution in [0.15, 0.2) is 35.5 Å². The second-order valence-electron chi connectivity index (χ2n) is 7.00. The minimum absolute atomic E-state index is 0.291. The quantitative estimate of drug-likeness (QED) is 0.817. The van der Waals surface area contributed by atoms with Gasteiger partial charge in [-0.2, -0.15) is 5.26 Å². The lowest BCUT2D eigenvalue weighted by molar-refractivity contribution is 0.308. The van der Waals surface area contributed by atoms with Gasteiger partial charge in [0.1, 0.15) is 11.8 Å². The Morgan fingerprint density at radius 1 is 1.19 bits per heavy atom. The molecule has 138 valence electrons. The predicted octanol–water partition coefficient (Wildman–Crippen LogP) is 4.24. The topological polar surface area (TPSA) is 67.5 Å². The first-order valence-corrected chi connectivity index (χ1v) is 9.54. The zero-order valence-electron chi connectivity index (χ0n) is 15.7. The molecule has 2 aliphatic rings. The minimum atomic E-state index is 0.291. The van der Waals surface area contributed by atoms with Crippen LogP contribution in [0.1, 0.15) is 60.9 Å². The van der Waals surface area contributed by atoms with Gasteiger partial charge in [0.2, 0.25) is 0 Å². The number of fused-ring (bicyclic) bond motifs is 3. The fourth-order valence-corrected chi connectivity index (χ4v) is 4.21. The van der Waals surface area contributed by atoms with Gasteiger partial charge in [-0.3, -0.25) is 4.99 Å². The van der Waals surface area contributed by atoms with E-state index in [4.69, 9.17) is 19.7 Å². The van der Waals surface area contributed by atoms with E-state index in [-0.39, 0.29) is 0 Å². The van der Waals surface area contributed by atoms with E-state index in [1.165, 1.54) is 18.4 Å². The maximum absolute atomic E-state index is 9.03. The Morgan fingerprint density at radius 3 is 2.74 bits per heavy atom. The van der Waals surface area contributed by atoms with Crippen molar-refractivity contribution >= 4 is 5.71 Å². The molecule has 1 aliphatic heterocycles. The number of hydrogen-bond acceptors (Lipinski definition) is 5. The third-order valence-corrected chi connectivity index (χ3v) is 5.47. The zero-order valence-corrected chi connectivity index (χ0v) is 15.7. The average molecular weight is 361 g/mol. The van der Waals surface area contributed by atoms with E-state index in [1.807, 2.05) is 19.1 Å². The van der Waals surface area contributed by atoms with Gasteiger partial charge in [0, 0.05) is 23.2 Å². The molecule has 1 aromatic carbocycles. The van der Waals surface area contributed by atoms with E-state index in [9.17, 15) is 0 Å².